The number of hydrogen-bond acceptors (Lipinski definition) is 5. The molecule has 156 valence electrons. The standard InChI is InChI=1S/C21H20BrN3O4S/c1-2-29-20-9-8-17(12-19(20)22)25-30(27,28)18-7-3-6-16(11-18)21(26)24-14-15-5-4-10-23-13-15/h3-13,25H,2,14H2,1H3,(H,24,26). The molecule has 1 aromatic heterocycles. The third-order valence-corrected chi connectivity index (χ3v) is 6.06. The Morgan fingerprint density at radius 2 is 1.97 bits per heavy atom. The van der Waals surface area contributed by atoms with Crippen LogP contribution in [-0.2, 0) is 16.6 Å². The SMILES string of the molecule is CCOc1ccc(NS(=O)(=O)c2cccc(C(=O)NCc3cccnc3)c2)cc1Br. The molecule has 1 heterocycles. The van der Waals surface area contributed by atoms with Gasteiger partial charge in [-0.25, -0.2) is 8.42 Å². The monoisotopic (exact) mass is 489 g/mol. The Labute approximate surface area is 183 Å². The van der Waals surface area contributed by atoms with Crippen molar-refractivity contribution in [3.05, 3.63) is 82.6 Å². The van der Waals surface area contributed by atoms with Crippen LogP contribution in [-0.4, -0.2) is 25.9 Å². The Morgan fingerprint density at radius 1 is 1.13 bits per heavy atom. The second kappa shape index (κ2) is 9.73. The van der Waals surface area contributed by atoms with E-state index in [0.717, 1.165) is 5.56 Å². The second-order valence-corrected chi connectivity index (χ2v) is 8.79. The highest BCUT2D eigenvalue weighted by atomic mass is 79.9. The van der Waals surface area contributed by atoms with Crippen molar-refractivity contribution in [1.29, 1.82) is 0 Å². The van der Waals surface area contributed by atoms with E-state index in [4.69, 9.17) is 4.74 Å². The molecular weight excluding hydrogens is 470 g/mol. The quantitative estimate of drug-likeness (QED) is 0.498. The van der Waals surface area contributed by atoms with Crippen LogP contribution in [0.1, 0.15) is 22.8 Å². The smallest absolute Gasteiger partial charge is 0.261 e. The highest BCUT2D eigenvalue weighted by Crippen LogP contribution is 2.29. The first kappa shape index (κ1) is 21.8. The van der Waals surface area contributed by atoms with Gasteiger partial charge in [-0.2, -0.15) is 0 Å². The fourth-order valence-corrected chi connectivity index (χ4v) is 4.23. The fraction of sp³-hybridized carbons (Fsp3) is 0.143. The topological polar surface area (TPSA) is 97.4 Å². The van der Waals surface area contributed by atoms with E-state index in [1.807, 2.05) is 13.0 Å². The Morgan fingerprint density at radius 3 is 2.67 bits per heavy atom. The van der Waals surface area contributed by atoms with Crippen LogP contribution in [0.5, 0.6) is 5.75 Å². The van der Waals surface area contributed by atoms with Crippen molar-refractivity contribution >= 4 is 37.5 Å². The van der Waals surface area contributed by atoms with Crippen LogP contribution in [0.3, 0.4) is 0 Å². The number of nitrogens with zero attached hydrogens (tertiary/aromatic N) is 1. The number of carbonyl (C=O) groups is 1. The maximum atomic E-state index is 12.8. The molecule has 0 saturated carbocycles. The summed E-state index contributed by atoms with van der Waals surface area (Å²) in [4.78, 5) is 16.4. The summed E-state index contributed by atoms with van der Waals surface area (Å²) in [5, 5.41) is 2.75. The Hall–Kier alpha value is -2.91. The van der Waals surface area contributed by atoms with Crippen molar-refractivity contribution in [2.24, 2.45) is 0 Å². The van der Waals surface area contributed by atoms with Gasteiger partial charge >= 0.3 is 0 Å². The highest BCUT2D eigenvalue weighted by molar-refractivity contribution is 9.10. The number of rotatable bonds is 8. The molecule has 0 radical (unpaired) electrons. The maximum absolute atomic E-state index is 12.8. The van der Waals surface area contributed by atoms with Crippen LogP contribution in [0.25, 0.3) is 0 Å². The van der Waals surface area contributed by atoms with E-state index in [9.17, 15) is 13.2 Å². The highest BCUT2D eigenvalue weighted by Gasteiger charge is 2.17. The number of aromatic nitrogens is 1. The van der Waals surface area contributed by atoms with Crippen molar-refractivity contribution in [2.75, 3.05) is 11.3 Å². The Bertz CT molecular complexity index is 1140. The van der Waals surface area contributed by atoms with Crippen molar-refractivity contribution in [3.8, 4) is 5.75 Å². The van der Waals surface area contributed by atoms with Gasteiger partial charge in [0.1, 0.15) is 5.75 Å². The molecule has 3 aromatic rings. The first-order valence-corrected chi connectivity index (χ1v) is 11.4. The summed E-state index contributed by atoms with van der Waals surface area (Å²) in [5.41, 5.74) is 1.46. The molecule has 0 unspecified atom stereocenters. The predicted molar refractivity (Wildman–Crippen MR) is 118 cm³/mol. The number of amides is 1. The summed E-state index contributed by atoms with van der Waals surface area (Å²) in [7, 11) is -3.88. The summed E-state index contributed by atoms with van der Waals surface area (Å²) >= 11 is 3.36. The fourth-order valence-electron chi connectivity index (χ4n) is 2.64. The number of pyridine rings is 1. The van der Waals surface area contributed by atoms with Gasteiger partial charge in [0.2, 0.25) is 0 Å². The molecule has 1 amide bonds. The number of halogens is 1. The van der Waals surface area contributed by atoms with E-state index in [0.29, 0.717) is 29.1 Å². The molecule has 0 atom stereocenters. The number of carbonyl (C=O) groups excluding carboxylic acids is 1. The zero-order chi connectivity index (χ0) is 21.6. The molecular formula is C21H20BrN3O4S. The summed E-state index contributed by atoms with van der Waals surface area (Å²) in [6, 6.07) is 14.4. The first-order valence-electron chi connectivity index (χ1n) is 9.11. The molecule has 0 aliphatic heterocycles. The zero-order valence-corrected chi connectivity index (χ0v) is 18.5. The van der Waals surface area contributed by atoms with Crippen LogP contribution >= 0.6 is 15.9 Å². The maximum Gasteiger partial charge on any atom is 0.261 e. The largest absolute Gasteiger partial charge is 0.493 e. The minimum absolute atomic E-state index is 0.0125. The number of anilines is 1. The molecule has 0 fully saturated rings. The second-order valence-electron chi connectivity index (χ2n) is 6.26. The van der Waals surface area contributed by atoms with E-state index in [1.54, 1.807) is 42.7 Å². The minimum Gasteiger partial charge on any atom is -0.493 e. The van der Waals surface area contributed by atoms with Crippen LogP contribution in [0, 0.1) is 0 Å². The molecule has 0 aliphatic carbocycles. The lowest BCUT2D eigenvalue weighted by Gasteiger charge is -2.12. The molecule has 0 aliphatic rings. The van der Waals surface area contributed by atoms with Gasteiger partial charge in [0.05, 0.1) is 21.7 Å². The third-order valence-electron chi connectivity index (χ3n) is 4.07. The Kier molecular flexibility index (Phi) is 7.07. The van der Waals surface area contributed by atoms with Gasteiger partial charge in [0, 0.05) is 24.5 Å². The van der Waals surface area contributed by atoms with Crippen LogP contribution < -0.4 is 14.8 Å². The third kappa shape index (κ3) is 5.58. The van der Waals surface area contributed by atoms with E-state index in [2.05, 4.69) is 31.0 Å². The van der Waals surface area contributed by atoms with Gasteiger partial charge in [-0.3, -0.25) is 14.5 Å². The molecule has 2 N–H and O–H groups in total. The van der Waals surface area contributed by atoms with Crippen LogP contribution in [0.2, 0.25) is 0 Å². The number of nitrogens with one attached hydrogen (secondary N) is 2. The molecule has 0 bridgehead atoms. The summed E-state index contributed by atoms with van der Waals surface area (Å²) in [5.74, 6) is 0.243. The van der Waals surface area contributed by atoms with E-state index >= 15 is 0 Å². The average molecular weight is 490 g/mol. The average Bonchev–Trinajstić information content (AvgIpc) is 2.74. The van der Waals surface area contributed by atoms with Gasteiger partial charge in [0.25, 0.3) is 15.9 Å². The molecule has 3 rings (SSSR count). The lowest BCUT2D eigenvalue weighted by atomic mass is 10.2. The molecule has 2 aromatic carbocycles. The predicted octanol–water partition coefficient (Wildman–Crippen LogP) is 3.97. The van der Waals surface area contributed by atoms with Crippen molar-refractivity contribution in [1.82, 2.24) is 10.3 Å². The van der Waals surface area contributed by atoms with Crippen molar-refractivity contribution in [2.45, 2.75) is 18.4 Å². The van der Waals surface area contributed by atoms with Gasteiger partial charge in [-0.1, -0.05) is 12.1 Å². The summed E-state index contributed by atoms with van der Waals surface area (Å²) in [6.45, 7) is 2.66. The van der Waals surface area contributed by atoms with Gasteiger partial charge < -0.3 is 10.1 Å². The number of benzene rings is 2. The molecule has 9 heteroatoms. The summed E-state index contributed by atoms with van der Waals surface area (Å²) < 4.78 is 34.1. The number of ether oxygens (including phenoxy) is 1. The number of hydrogen-bond donors (Lipinski definition) is 2. The molecule has 7 nitrogen and oxygen atoms in total. The van der Waals surface area contributed by atoms with Crippen LogP contribution in [0.4, 0.5) is 5.69 Å². The molecule has 0 spiro atoms. The van der Waals surface area contributed by atoms with Gasteiger partial charge in [-0.05, 0) is 70.9 Å². The lowest BCUT2D eigenvalue weighted by Crippen LogP contribution is -2.23. The van der Waals surface area contributed by atoms with Crippen molar-refractivity contribution in [3.63, 3.8) is 0 Å². The first-order chi connectivity index (χ1) is 14.4. The van der Waals surface area contributed by atoms with Crippen LogP contribution in [0.15, 0.2) is 76.4 Å². The van der Waals surface area contributed by atoms with Crippen molar-refractivity contribution < 1.29 is 17.9 Å². The lowest BCUT2D eigenvalue weighted by molar-refractivity contribution is 0.0950. The molecule has 30 heavy (non-hydrogen) atoms. The van der Waals surface area contributed by atoms with E-state index in [-0.39, 0.29) is 16.4 Å². The summed E-state index contributed by atoms with van der Waals surface area (Å²) in [6.07, 6.45) is 3.30. The Balaban J connectivity index is 1.73. The zero-order valence-electron chi connectivity index (χ0n) is 16.1. The van der Waals surface area contributed by atoms with Gasteiger partial charge in [0.15, 0.2) is 0 Å². The normalized spacial score (nSPS) is 11.0. The van der Waals surface area contributed by atoms with Gasteiger partial charge in [-0.15, -0.1) is 0 Å². The van der Waals surface area contributed by atoms with E-state index in [1.165, 1.54) is 18.2 Å². The minimum atomic E-state index is -3.88. The molecule has 0 saturated heterocycles. The van der Waals surface area contributed by atoms with E-state index < -0.39 is 10.0 Å². The number of sulfonamides is 1.